The monoisotopic (exact) mass is 308 g/mol. The van der Waals surface area contributed by atoms with Gasteiger partial charge < -0.3 is 4.74 Å². The van der Waals surface area contributed by atoms with E-state index in [1.54, 1.807) is 0 Å². The number of Topliss-reactive ketones (excluding diaryl/α,β-unsaturated/α-hetero) is 1. The average molecular weight is 308 g/mol. The largest absolute Gasteiger partial charge is 0.460 e. The SMILES string of the molecule is CC(C)(C)OC(=O)[C@@H]1CCCC[C@@H]1C(=O)[C@H]1CC[C@H](C)CC1. The molecule has 3 heteroatoms. The highest BCUT2D eigenvalue weighted by atomic mass is 16.6. The summed E-state index contributed by atoms with van der Waals surface area (Å²) < 4.78 is 5.57. The Morgan fingerprint density at radius 3 is 1.95 bits per heavy atom. The first kappa shape index (κ1) is 17.5. The van der Waals surface area contributed by atoms with Gasteiger partial charge in [-0.3, -0.25) is 9.59 Å². The number of rotatable bonds is 3. The summed E-state index contributed by atoms with van der Waals surface area (Å²) in [6.45, 7) is 7.96. The van der Waals surface area contributed by atoms with Gasteiger partial charge in [0.05, 0.1) is 5.92 Å². The van der Waals surface area contributed by atoms with E-state index in [0.29, 0.717) is 5.78 Å². The zero-order valence-corrected chi connectivity index (χ0v) is 14.7. The van der Waals surface area contributed by atoms with Crippen LogP contribution in [0.1, 0.15) is 79.1 Å². The van der Waals surface area contributed by atoms with Crippen molar-refractivity contribution in [2.75, 3.05) is 0 Å². The van der Waals surface area contributed by atoms with Crippen LogP contribution in [0.25, 0.3) is 0 Å². The van der Waals surface area contributed by atoms with E-state index in [1.165, 1.54) is 0 Å². The molecule has 2 rings (SSSR count). The Balaban J connectivity index is 2.02. The number of ether oxygens (including phenoxy) is 1. The molecule has 22 heavy (non-hydrogen) atoms. The third kappa shape index (κ3) is 4.57. The standard InChI is InChI=1S/C19H32O3/c1-13-9-11-14(12-10-13)17(20)15-7-5-6-8-16(15)18(21)22-19(2,3)4/h13-16H,5-12H2,1-4H3/t13-,14-,15-,16+/m0/s1. The molecular formula is C19H32O3. The molecule has 0 saturated heterocycles. The van der Waals surface area contributed by atoms with Gasteiger partial charge in [0.15, 0.2) is 0 Å². The Morgan fingerprint density at radius 2 is 1.41 bits per heavy atom. The Labute approximate surface area is 135 Å². The van der Waals surface area contributed by atoms with Crippen LogP contribution in [0, 0.1) is 23.7 Å². The van der Waals surface area contributed by atoms with Crippen LogP contribution in [0.4, 0.5) is 0 Å². The molecule has 0 heterocycles. The lowest BCUT2D eigenvalue weighted by Gasteiger charge is -2.35. The van der Waals surface area contributed by atoms with Crippen LogP contribution in [-0.2, 0) is 14.3 Å². The molecule has 0 N–H and O–H groups in total. The summed E-state index contributed by atoms with van der Waals surface area (Å²) in [7, 11) is 0. The number of carbonyl (C=O) groups is 2. The maximum atomic E-state index is 12.9. The summed E-state index contributed by atoms with van der Waals surface area (Å²) >= 11 is 0. The van der Waals surface area contributed by atoms with Gasteiger partial charge in [-0.2, -0.15) is 0 Å². The Hall–Kier alpha value is -0.860. The van der Waals surface area contributed by atoms with Crippen LogP contribution in [-0.4, -0.2) is 17.4 Å². The van der Waals surface area contributed by atoms with Gasteiger partial charge in [0.1, 0.15) is 11.4 Å². The van der Waals surface area contributed by atoms with Crippen molar-refractivity contribution < 1.29 is 14.3 Å². The Kier molecular flexibility index (Phi) is 5.68. The summed E-state index contributed by atoms with van der Waals surface area (Å²) in [6.07, 6.45) is 8.12. The van der Waals surface area contributed by atoms with Gasteiger partial charge >= 0.3 is 5.97 Å². The van der Waals surface area contributed by atoms with Crippen LogP contribution >= 0.6 is 0 Å². The van der Waals surface area contributed by atoms with Crippen molar-refractivity contribution in [2.45, 2.75) is 84.7 Å². The first-order valence-corrected chi connectivity index (χ1v) is 9.04. The fourth-order valence-corrected chi connectivity index (χ4v) is 3.98. The smallest absolute Gasteiger partial charge is 0.310 e. The first-order valence-electron chi connectivity index (χ1n) is 9.04. The van der Waals surface area contributed by atoms with Crippen LogP contribution in [0.3, 0.4) is 0 Å². The molecule has 0 aromatic rings. The van der Waals surface area contributed by atoms with Crippen molar-refractivity contribution in [2.24, 2.45) is 23.7 Å². The molecule has 0 aromatic carbocycles. The number of hydrogen-bond donors (Lipinski definition) is 0. The molecule has 2 aliphatic carbocycles. The van der Waals surface area contributed by atoms with E-state index in [0.717, 1.165) is 57.3 Å². The van der Waals surface area contributed by atoms with Gasteiger partial charge in [0.2, 0.25) is 0 Å². The zero-order chi connectivity index (χ0) is 16.3. The van der Waals surface area contributed by atoms with E-state index in [9.17, 15) is 9.59 Å². The fourth-order valence-electron chi connectivity index (χ4n) is 3.98. The topological polar surface area (TPSA) is 43.4 Å². The van der Waals surface area contributed by atoms with E-state index >= 15 is 0 Å². The number of ketones is 1. The lowest BCUT2D eigenvalue weighted by molar-refractivity contribution is -0.165. The van der Waals surface area contributed by atoms with E-state index in [-0.39, 0.29) is 23.7 Å². The Morgan fingerprint density at radius 1 is 0.864 bits per heavy atom. The predicted molar refractivity (Wildman–Crippen MR) is 87.4 cm³/mol. The molecule has 126 valence electrons. The Bertz CT molecular complexity index is 399. The van der Waals surface area contributed by atoms with Crippen molar-refractivity contribution in [3.8, 4) is 0 Å². The molecule has 0 unspecified atom stereocenters. The molecular weight excluding hydrogens is 276 g/mol. The van der Waals surface area contributed by atoms with Crippen LogP contribution < -0.4 is 0 Å². The second kappa shape index (κ2) is 7.14. The van der Waals surface area contributed by atoms with E-state index in [2.05, 4.69) is 6.92 Å². The minimum atomic E-state index is -0.470. The number of hydrogen-bond acceptors (Lipinski definition) is 3. The summed E-state index contributed by atoms with van der Waals surface area (Å²) in [5.41, 5.74) is -0.470. The number of carbonyl (C=O) groups excluding carboxylic acids is 2. The molecule has 2 fully saturated rings. The molecule has 0 aromatic heterocycles. The van der Waals surface area contributed by atoms with Gasteiger partial charge in [0.25, 0.3) is 0 Å². The second-order valence-electron chi connectivity index (χ2n) is 8.39. The molecule has 3 nitrogen and oxygen atoms in total. The van der Waals surface area contributed by atoms with Gasteiger partial charge in [-0.25, -0.2) is 0 Å². The highest BCUT2D eigenvalue weighted by Gasteiger charge is 2.40. The summed E-state index contributed by atoms with van der Waals surface area (Å²) in [5, 5.41) is 0. The normalized spacial score (nSPS) is 33.3. The first-order chi connectivity index (χ1) is 10.3. The van der Waals surface area contributed by atoms with E-state index in [4.69, 9.17) is 4.74 Å². The number of esters is 1. The molecule has 0 radical (unpaired) electrons. The third-order valence-corrected chi connectivity index (χ3v) is 5.26. The zero-order valence-electron chi connectivity index (χ0n) is 14.7. The fraction of sp³-hybridized carbons (Fsp3) is 0.895. The highest BCUT2D eigenvalue weighted by molar-refractivity contribution is 5.88. The van der Waals surface area contributed by atoms with Crippen molar-refractivity contribution in [1.29, 1.82) is 0 Å². The lowest BCUT2D eigenvalue weighted by Crippen LogP contribution is -2.40. The molecule has 0 bridgehead atoms. The van der Waals surface area contributed by atoms with Crippen molar-refractivity contribution in [3.05, 3.63) is 0 Å². The van der Waals surface area contributed by atoms with Crippen LogP contribution in [0.15, 0.2) is 0 Å². The third-order valence-electron chi connectivity index (χ3n) is 5.26. The van der Waals surface area contributed by atoms with E-state index < -0.39 is 5.60 Å². The second-order valence-corrected chi connectivity index (χ2v) is 8.39. The summed E-state index contributed by atoms with van der Waals surface area (Å²) in [6, 6.07) is 0. The lowest BCUT2D eigenvalue weighted by atomic mass is 9.70. The minimum Gasteiger partial charge on any atom is -0.460 e. The van der Waals surface area contributed by atoms with Gasteiger partial charge in [-0.05, 0) is 52.4 Å². The molecule has 0 aliphatic heterocycles. The molecule has 2 saturated carbocycles. The predicted octanol–water partition coefficient (Wildman–Crippen LogP) is 4.53. The van der Waals surface area contributed by atoms with Gasteiger partial charge in [-0.15, -0.1) is 0 Å². The van der Waals surface area contributed by atoms with E-state index in [1.807, 2.05) is 20.8 Å². The molecule has 0 spiro atoms. The van der Waals surface area contributed by atoms with Gasteiger partial charge in [-0.1, -0.05) is 32.6 Å². The van der Waals surface area contributed by atoms with Gasteiger partial charge in [0, 0.05) is 11.8 Å². The minimum absolute atomic E-state index is 0.0954. The maximum absolute atomic E-state index is 12.9. The van der Waals surface area contributed by atoms with Crippen molar-refractivity contribution in [1.82, 2.24) is 0 Å². The molecule has 2 atom stereocenters. The van der Waals surface area contributed by atoms with Crippen molar-refractivity contribution >= 4 is 11.8 Å². The van der Waals surface area contributed by atoms with Crippen molar-refractivity contribution in [3.63, 3.8) is 0 Å². The quantitative estimate of drug-likeness (QED) is 0.719. The maximum Gasteiger partial charge on any atom is 0.310 e. The molecule has 2 aliphatic rings. The van der Waals surface area contributed by atoms with Crippen LogP contribution in [0.2, 0.25) is 0 Å². The van der Waals surface area contributed by atoms with Crippen LogP contribution in [0.5, 0.6) is 0 Å². The average Bonchev–Trinajstić information content (AvgIpc) is 2.45. The summed E-state index contributed by atoms with van der Waals surface area (Å²) in [4.78, 5) is 25.4. The summed E-state index contributed by atoms with van der Waals surface area (Å²) in [5.74, 6) is 0.820. The molecule has 0 amide bonds. The highest BCUT2D eigenvalue weighted by Crippen LogP contribution is 2.38.